The highest BCUT2D eigenvalue weighted by Crippen LogP contribution is 2.47. The van der Waals surface area contributed by atoms with Crippen LogP contribution < -0.4 is 18.9 Å². The Bertz CT molecular complexity index is 864. The van der Waals surface area contributed by atoms with Crippen molar-refractivity contribution in [3.05, 3.63) is 46.5 Å². The third-order valence-electron chi connectivity index (χ3n) is 5.99. The average molecular weight is 369 g/mol. The van der Waals surface area contributed by atoms with Gasteiger partial charge in [-0.25, -0.2) is 0 Å². The lowest BCUT2D eigenvalue weighted by atomic mass is 9.81. The predicted molar refractivity (Wildman–Crippen MR) is 104 cm³/mol. The largest absolute Gasteiger partial charge is 0.493 e. The van der Waals surface area contributed by atoms with Gasteiger partial charge in [-0.1, -0.05) is 6.07 Å². The summed E-state index contributed by atoms with van der Waals surface area (Å²) < 4.78 is 22.3. The summed E-state index contributed by atoms with van der Waals surface area (Å²) in [7, 11) is 6.80. The molecule has 0 saturated heterocycles. The molecule has 2 aliphatic heterocycles. The molecule has 5 nitrogen and oxygen atoms in total. The molecule has 0 aromatic heterocycles. The van der Waals surface area contributed by atoms with E-state index in [1.54, 1.807) is 28.4 Å². The Morgan fingerprint density at radius 3 is 2.19 bits per heavy atom. The van der Waals surface area contributed by atoms with Crippen LogP contribution in [0.2, 0.25) is 0 Å². The summed E-state index contributed by atoms with van der Waals surface area (Å²) in [4.78, 5) is 2.57. The van der Waals surface area contributed by atoms with Crippen LogP contribution in [-0.4, -0.2) is 39.4 Å². The summed E-state index contributed by atoms with van der Waals surface area (Å²) in [5.74, 6) is 3.26. The lowest BCUT2D eigenvalue weighted by Crippen LogP contribution is -2.45. The third-order valence-corrected chi connectivity index (χ3v) is 5.99. The molecule has 2 aliphatic rings. The average Bonchev–Trinajstić information content (AvgIpc) is 2.70. The molecule has 0 saturated carbocycles. The first-order chi connectivity index (χ1) is 13.1. The smallest absolute Gasteiger partial charge is 0.165 e. The Hall–Kier alpha value is -2.40. The topological polar surface area (TPSA) is 40.2 Å². The van der Waals surface area contributed by atoms with E-state index in [2.05, 4.69) is 30.0 Å². The molecule has 0 aliphatic carbocycles. The van der Waals surface area contributed by atoms with Crippen molar-refractivity contribution in [3.63, 3.8) is 0 Å². The highest BCUT2D eigenvalue weighted by atomic mass is 16.5. The van der Waals surface area contributed by atoms with Crippen LogP contribution in [0.3, 0.4) is 0 Å². The predicted octanol–water partition coefficient (Wildman–Crippen LogP) is 3.77. The van der Waals surface area contributed by atoms with E-state index in [-0.39, 0.29) is 0 Å². The first-order valence-electron chi connectivity index (χ1n) is 9.34. The van der Waals surface area contributed by atoms with Crippen LogP contribution in [-0.2, 0) is 19.4 Å². The van der Waals surface area contributed by atoms with Gasteiger partial charge in [0.25, 0.3) is 0 Å². The van der Waals surface area contributed by atoms with Gasteiger partial charge in [-0.2, -0.15) is 0 Å². The number of methoxy groups -OCH3 is 4. The monoisotopic (exact) mass is 369 g/mol. The molecular weight excluding hydrogens is 342 g/mol. The molecule has 0 fully saturated rings. The maximum Gasteiger partial charge on any atom is 0.165 e. The summed E-state index contributed by atoms with van der Waals surface area (Å²) in [6.07, 6.45) is 1.94. The van der Waals surface area contributed by atoms with Gasteiger partial charge in [-0.3, -0.25) is 4.90 Å². The molecule has 0 N–H and O–H groups in total. The van der Waals surface area contributed by atoms with E-state index in [1.165, 1.54) is 22.3 Å². The van der Waals surface area contributed by atoms with Crippen LogP contribution in [0.4, 0.5) is 0 Å². The van der Waals surface area contributed by atoms with Gasteiger partial charge in [0.2, 0.25) is 0 Å². The summed E-state index contributed by atoms with van der Waals surface area (Å²) in [6.45, 7) is 3.15. The fourth-order valence-corrected chi connectivity index (χ4v) is 4.63. The zero-order chi connectivity index (χ0) is 19.1. The minimum atomic E-state index is 0.328. The van der Waals surface area contributed by atoms with Crippen molar-refractivity contribution < 1.29 is 18.9 Å². The SMILES string of the molecule is COc1cc2c(cc1OC)C1Cc3ccc(OC)c(OC)c3CN1[C@@H](C)C2. The van der Waals surface area contributed by atoms with Gasteiger partial charge in [-0.05, 0) is 54.7 Å². The minimum Gasteiger partial charge on any atom is -0.493 e. The first-order valence-corrected chi connectivity index (χ1v) is 9.34. The Morgan fingerprint density at radius 1 is 0.815 bits per heavy atom. The normalized spacial score (nSPS) is 20.9. The van der Waals surface area contributed by atoms with Crippen molar-refractivity contribution in [1.82, 2.24) is 4.90 Å². The Labute approximate surface area is 160 Å². The van der Waals surface area contributed by atoms with E-state index in [9.17, 15) is 0 Å². The Morgan fingerprint density at radius 2 is 1.52 bits per heavy atom. The van der Waals surface area contributed by atoms with Crippen molar-refractivity contribution in [2.45, 2.75) is 38.4 Å². The van der Waals surface area contributed by atoms with Crippen molar-refractivity contribution in [2.24, 2.45) is 0 Å². The summed E-state index contributed by atoms with van der Waals surface area (Å²) >= 11 is 0. The number of benzene rings is 2. The van der Waals surface area contributed by atoms with Crippen LogP contribution in [0.1, 0.15) is 35.2 Å². The molecule has 144 valence electrons. The lowest BCUT2D eigenvalue weighted by molar-refractivity contribution is 0.104. The quantitative estimate of drug-likeness (QED) is 0.821. The standard InChI is InChI=1S/C22H27NO4/c1-13-8-15-10-20(25-3)21(26-4)11-16(15)18-9-14-6-7-19(24-2)22(27-5)17(14)12-23(13)18/h6-7,10-11,13,18H,8-9,12H2,1-5H3/t13-,18?/m0/s1. The van der Waals surface area contributed by atoms with Crippen LogP contribution in [0, 0.1) is 0 Å². The number of nitrogens with zero attached hydrogens (tertiary/aromatic N) is 1. The van der Waals surface area contributed by atoms with Gasteiger partial charge in [0.1, 0.15) is 0 Å². The third kappa shape index (κ3) is 2.81. The van der Waals surface area contributed by atoms with Gasteiger partial charge in [0, 0.05) is 24.2 Å². The Balaban J connectivity index is 1.81. The van der Waals surface area contributed by atoms with E-state index < -0.39 is 0 Å². The number of hydrogen-bond donors (Lipinski definition) is 0. The second-order valence-corrected chi connectivity index (χ2v) is 7.29. The summed E-state index contributed by atoms with van der Waals surface area (Å²) in [6, 6.07) is 9.25. The summed E-state index contributed by atoms with van der Waals surface area (Å²) in [5, 5.41) is 0. The molecule has 2 aromatic carbocycles. The van der Waals surface area contributed by atoms with Crippen LogP contribution >= 0.6 is 0 Å². The van der Waals surface area contributed by atoms with Crippen LogP contribution in [0.25, 0.3) is 0 Å². The lowest BCUT2D eigenvalue weighted by Gasteiger charge is -2.45. The molecular formula is C22H27NO4. The first kappa shape index (κ1) is 18.0. The van der Waals surface area contributed by atoms with E-state index in [0.29, 0.717) is 12.1 Å². The molecule has 2 heterocycles. The second kappa shape index (κ2) is 6.97. The zero-order valence-electron chi connectivity index (χ0n) is 16.7. The summed E-state index contributed by atoms with van der Waals surface area (Å²) in [5.41, 5.74) is 5.25. The number of hydrogen-bond acceptors (Lipinski definition) is 5. The number of fused-ring (bicyclic) bond motifs is 4. The van der Waals surface area contributed by atoms with Crippen molar-refractivity contribution in [3.8, 4) is 23.0 Å². The van der Waals surface area contributed by atoms with Crippen molar-refractivity contribution >= 4 is 0 Å². The molecule has 0 amide bonds. The molecule has 0 spiro atoms. The van der Waals surface area contributed by atoms with Gasteiger partial charge in [0.05, 0.1) is 28.4 Å². The van der Waals surface area contributed by atoms with Crippen LogP contribution in [0.5, 0.6) is 23.0 Å². The Kier molecular flexibility index (Phi) is 4.64. The second-order valence-electron chi connectivity index (χ2n) is 7.29. The van der Waals surface area contributed by atoms with Crippen molar-refractivity contribution in [2.75, 3.05) is 28.4 Å². The van der Waals surface area contributed by atoms with Gasteiger partial charge >= 0.3 is 0 Å². The van der Waals surface area contributed by atoms with Gasteiger partial charge in [0.15, 0.2) is 23.0 Å². The molecule has 1 unspecified atom stereocenters. The van der Waals surface area contributed by atoms with Gasteiger partial charge < -0.3 is 18.9 Å². The van der Waals surface area contributed by atoms with Crippen LogP contribution in [0.15, 0.2) is 24.3 Å². The molecule has 4 rings (SSSR count). The highest BCUT2D eigenvalue weighted by Gasteiger charge is 2.38. The maximum atomic E-state index is 5.70. The van der Waals surface area contributed by atoms with E-state index in [4.69, 9.17) is 18.9 Å². The fourth-order valence-electron chi connectivity index (χ4n) is 4.63. The van der Waals surface area contributed by atoms with Gasteiger partial charge in [-0.15, -0.1) is 0 Å². The number of ether oxygens (including phenoxy) is 4. The molecule has 2 atom stereocenters. The molecule has 2 aromatic rings. The molecule has 5 heteroatoms. The van der Waals surface area contributed by atoms with Crippen molar-refractivity contribution in [1.29, 1.82) is 0 Å². The van der Waals surface area contributed by atoms with E-state index >= 15 is 0 Å². The fraction of sp³-hybridized carbons (Fsp3) is 0.455. The minimum absolute atomic E-state index is 0.328. The van der Waals surface area contributed by atoms with E-state index in [0.717, 1.165) is 42.4 Å². The molecule has 27 heavy (non-hydrogen) atoms. The number of rotatable bonds is 4. The molecule has 0 bridgehead atoms. The molecule has 0 radical (unpaired) electrons. The van der Waals surface area contributed by atoms with E-state index in [1.807, 2.05) is 6.07 Å². The maximum absolute atomic E-state index is 5.70. The zero-order valence-corrected chi connectivity index (χ0v) is 16.7. The highest BCUT2D eigenvalue weighted by molar-refractivity contribution is 5.55.